The summed E-state index contributed by atoms with van der Waals surface area (Å²) in [6, 6.07) is 3.54. The highest BCUT2D eigenvalue weighted by Crippen LogP contribution is 2.30. The monoisotopic (exact) mass is 296 g/mol. The zero-order valence-electron chi connectivity index (χ0n) is 9.27. The largest absolute Gasteiger partial charge is 0.507 e. The van der Waals surface area contributed by atoms with Crippen LogP contribution in [0.15, 0.2) is 22.8 Å². The van der Waals surface area contributed by atoms with Gasteiger partial charge in [0.05, 0.1) is 9.99 Å². The predicted molar refractivity (Wildman–Crippen MR) is 67.9 cm³/mol. The molecular weight excluding hydrogens is 284 g/mol. The molecule has 1 aliphatic heterocycles. The van der Waals surface area contributed by atoms with Crippen LogP contribution >= 0.6 is 15.9 Å². The van der Waals surface area contributed by atoms with Crippen LogP contribution < -0.4 is 0 Å². The Labute approximate surface area is 107 Å². The van der Waals surface area contributed by atoms with Crippen LogP contribution in [0.25, 0.3) is 10.9 Å². The Bertz CT molecular complexity index is 508. The van der Waals surface area contributed by atoms with Crippen molar-refractivity contribution in [2.45, 2.75) is 25.5 Å². The van der Waals surface area contributed by atoms with Crippen molar-refractivity contribution >= 4 is 26.8 Å². The van der Waals surface area contributed by atoms with Crippen LogP contribution in [-0.2, 0) is 4.74 Å². The van der Waals surface area contributed by atoms with Crippen molar-refractivity contribution in [1.82, 2.24) is 9.78 Å². The summed E-state index contributed by atoms with van der Waals surface area (Å²) in [6.07, 6.45) is 5.27. The third kappa shape index (κ3) is 2.05. The normalized spacial score (nSPS) is 20.9. The van der Waals surface area contributed by atoms with Gasteiger partial charge in [-0.05, 0) is 47.3 Å². The van der Waals surface area contributed by atoms with Crippen molar-refractivity contribution in [1.29, 1.82) is 0 Å². The quantitative estimate of drug-likeness (QED) is 0.879. The van der Waals surface area contributed by atoms with E-state index in [9.17, 15) is 5.11 Å². The van der Waals surface area contributed by atoms with E-state index in [2.05, 4.69) is 21.0 Å². The first kappa shape index (κ1) is 11.0. The first-order valence-corrected chi connectivity index (χ1v) is 6.52. The summed E-state index contributed by atoms with van der Waals surface area (Å²) < 4.78 is 8.20. The van der Waals surface area contributed by atoms with Crippen molar-refractivity contribution < 1.29 is 9.84 Å². The molecule has 0 unspecified atom stereocenters. The second-order valence-corrected chi connectivity index (χ2v) is 5.15. The Hall–Kier alpha value is -1.07. The molecule has 4 nitrogen and oxygen atoms in total. The third-order valence-electron chi connectivity index (χ3n) is 3.04. The lowest BCUT2D eigenvalue weighted by Gasteiger charge is -2.22. The Balaban J connectivity index is 2.00. The van der Waals surface area contributed by atoms with Gasteiger partial charge in [0, 0.05) is 18.2 Å². The molecule has 1 fully saturated rings. The lowest BCUT2D eigenvalue weighted by molar-refractivity contribution is -0.0390. The van der Waals surface area contributed by atoms with Crippen LogP contribution in [0.4, 0.5) is 0 Å². The maximum atomic E-state index is 9.62. The molecule has 17 heavy (non-hydrogen) atoms. The molecule has 0 aliphatic carbocycles. The van der Waals surface area contributed by atoms with E-state index in [4.69, 9.17) is 4.74 Å². The van der Waals surface area contributed by atoms with Crippen LogP contribution in [-0.4, -0.2) is 21.5 Å². The number of hydrogen-bond acceptors (Lipinski definition) is 3. The molecule has 0 spiro atoms. The summed E-state index contributed by atoms with van der Waals surface area (Å²) in [5.74, 6) is 0.238. The van der Waals surface area contributed by atoms with E-state index in [0.717, 1.165) is 30.4 Å². The molecule has 1 aromatic heterocycles. The second-order valence-electron chi connectivity index (χ2n) is 4.29. The van der Waals surface area contributed by atoms with Gasteiger partial charge in [0.1, 0.15) is 12.0 Å². The van der Waals surface area contributed by atoms with Crippen LogP contribution in [0.2, 0.25) is 0 Å². The Morgan fingerprint density at radius 1 is 1.41 bits per heavy atom. The highest BCUT2D eigenvalue weighted by molar-refractivity contribution is 9.10. The second kappa shape index (κ2) is 4.31. The molecule has 90 valence electrons. The van der Waals surface area contributed by atoms with Gasteiger partial charge in [-0.15, -0.1) is 0 Å². The topological polar surface area (TPSA) is 47.3 Å². The SMILES string of the molecule is Oc1cc2cn([C@H]3CCCCO3)nc2cc1Br. The number of phenolic OH excluding ortho intramolecular Hbond substituents is 1. The number of nitrogens with zero attached hydrogens (tertiary/aromatic N) is 2. The molecular formula is C12H13BrN2O2. The van der Waals surface area contributed by atoms with E-state index in [1.54, 1.807) is 6.07 Å². The highest BCUT2D eigenvalue weighted by atomic mass is 79.9. The van der Waals surface area contributed by atoms with Gasteiger partial charge in [0.15, 0.2) is 0 Å². The van der Waals surface area contributed by atoms with Crippen molar-refractivity contribution in [2.24, 2.45) is 0 Å². The van der Waals surface area contributed by atoms with Crippen molar-refractivity contribution in [2.75, 3.05) is 6.61 Å². The molecule has 0 radical (unpaired) electrons. The molecule has 2 aromatic rings. The summed E-state index contributed by atoms with van der Waals surface area (Å²) in [7, 11) is 0. The van der Waals surface area contributed by atoms with E-state index >= 15 is 0 Å². The maximum absolute atomic E-state index is 9.62. The molecule has 1 N–H and O–H groups in total. The number of ether oxygens (including phenoxy) is 1. The predicted octanol–water partition coefficient (Wildman–Crippen LogP) is 3.20. The number of aromatic hydroxyl groups is 1. The van der Waals surface area contributed by atoms with E-state index in [-0.39, 0.29) is 12.0 Å². The Morgan fingerprint density at radius 2 is 2.29 bits per heavy atom. The minimum absolute atomic E-state index is 0.0390. The van der Waals surface area contributed by atoms with Crippen molar-refractivity contribution in [3.05, 3.63) is 22.8 Å². The fourth-order valence-corrected chi connectivity index (χ4v) is 2.46. The number of fused-ring (bicyclic) bond motifs is 1. The number of halogens is 1. The van der Waals surface area contributed by atoms with Gasteiger partial charge in [0.2, 0.25) is 0 Å². The molecule has 1 aromatic carbocycles. The molecule has 0 amide bonds. The molecule has 0 saturated carbocycles. The van der Waals surface area contributed by atoms with Gasteiger partial charge in [-0.3, -0.25) is 0 Å². The molecule has 1 atom stereocenters. The van der Waals surface area contributed by atoms with Gasteiger partial charge < -0.3 is 9.84 Å². The van der Waals surface area contributed by atoms with E-state index < -0.39 is 0 Å². The van der Waals surface area contributed by atoms with Crippen molar-refractivity contribution in [3.63, 3.8) is 0 Å². The average Bonchev–Trinajstić information content (AvgIpc) is 2.74. The highest BCUT2D eigenvalue weighted by Gasteiger charge is 2.17. The minimum atomic E-state index is 0.0390. The van der Waals surface area contributed by atoms with E-state index in [0.29, 0.717) is 4.47 Å². The summed E-state index contributed by atoms with van der Waals surface area (Å²) >= 11 is 3.29. The smallest absolute Gasteiger partial charge is 0.150 e. The molecule has 0 bridgehead atoms. The van der Waals surface area contributed by atoms with E-state index in [1.165, 1.54) is 6.42 Å². The first-order valence-electron chi connectivity index (χ1n) is 5.73. The molecule has 5 heteroatoms. The zero-order valence-corrected chi connectivity index (χ0v) is 10.9. The van der Waals surface area contributed by atoms with Gasteiger partial charge in [0.25, 0.3) is 0 Å². The number of hydrogen-bond donors (Lipinski definition) is 1. The summed E-state index contributed by atoms with van der Waals surface area (Å²) in [4.78, 5) is 0. The van der Waals surface area contributed by atoms with Gasteiger partial charge in [-0.25, -0.2) is 4.68 Å². The number of aromatic nitrogens is 2. The maximum Gasteiger partial charge on any atom is 0.150 e. The van der Waals surface area contributed by atoms with Crippen LogP contribution in [0.5, 0.6) is 5.75 Å². The van der Waals surface area contributed by atoms with Gasteiger partial charge >= 0.3 is 0 Å². The summed E-state index contributed by atoms with van der Waals surface area (Å²) in [6.45, 7) is 0.801. The van der Waals surface area contributed by atoms with Crippen LogP contribution in [0.3, 0.4) is 0 Å². The molecule has 1 saturated heterocycles. The summed E-state index contributed by atoms with van der Waals surface area (Å²) in [5, 5.41) is 15.0. The zero-order chi connectivity index (χ0) is 11.8. The Kier molecular flexibility index (Phi) is 2.80. The third-order valence-corrected chi connectivity index (χ3v) is 3.68. The standard InChI is InChI=1S/C12H13BrN2O2/c13-9-6-10-8(5-11(9)16)7-15(14-10)12-3-1-2-4-17-12/h5-7,12,16H,1-4H2/t12-/m1/s1. The molecule has 3 rings (SSSR count). The first-order chi connectivity index (χ1) is 8.24. The van der Waals surface area contributed by atoms with Crippen molar-refractivity contribution in [3.8, 4) is 5.75 Å². The Morgan fingerprint density at radius 3 is 3.06 bits per heavy atom. The number of benzene rings is 1. The molecule has 1 aliphatic rings. The fourth-order valence-electron chi connectivity index (χ4n) is 2.13. The minimum Gasteiger partial charge on any atom is -0.507 e. The lowest BCUT2D eigenvalue weighted by Crippen LogP contribution is -2.18. The summed E-state index contributed by atoms with van der Waals surface area (Å²) in [5.41, 5.74) is 0.865. The number of rotatable bonds is 1. The lowest BCUT2D eigenvalue weighted by atomic mass is 10.2. The fraction of sp³-hybridized carbons (Fsp3) is 0.417. The van der Waals surface area contributed by atoms with E-state index in [1.807, 2.05) is 16.9 Å². The van der Waals surface area contributed by atoms with Gasteiger partial charge in [-0.1, -0.05) is 0 Å². The molecule has 2 heterocycles. The average molecular weight is 297 g/mol. The van der Waals surface area contributed by atoms with Crippen LogP contribution in [0.1, 0.15) is 25.5 Å². The van der Waals surface area contributed by atoms with Gasteiger partial charge in [-0.2, -0.15) is 5.10 Å². The van der Waals surface area contributed by atoms with Crippen LogP contribution in [0, 0.1) is 0 Å². The number of phenols is 1.